The summed E-state index contributed by atoms with van der Waals surface area (Å²) in [6.07, 6.45) is 1.80. The zero-order chi connectivity index (χ0) is 13.4. The number of aromatic nitrogens is 2. The van der Waals surface area contributed by atoms with Crippen LogP contribution in [-0.4, -0.2) is 62.3 Å². The highest BCUT2D eigenvalue weighted by Crippen LogP contribution is 2.11. The van der Waals surface area contributed by atoms with Gasteiger partial charge in [0, 0.05) is 31.9 Å². The molecule has 18 heavy (non-hydrogen) atoms. The number of aryl methyl sites for hydroxylation is 1. The van der Waals surface area contributed by atoms with E-state index >= 15 is 0 Å². The first-order chi connectivity index (χ1) is 8.63. The number of ether oxygens (including phenoxy) is 1. The second-order valence-corrected chi connectivity index (χ2v) is 4.32. The van der Waals surface area contributed by atoms with E-state index in [2.05, 4.69) is 25.5 Å². The Kier molecular flexibility index (Phi) is 6.38. The van der Waals surface area contributed by atoms with Gasteiger partial charge in [0.05, 0.1) is 13.2 Å². The van der Waals surface area contributed by atoms with Gasteiger partial charge in [0.15, 0.2) is 0 Å². The second-order valence-electron chi connectivity index (χ2n) is 4.32. The van der Waals surface area contributed by atoms with Gasteiger partial charge in [0.1, 0.15) is 5.82 Å². The maximum absolute atomic E-state index is 5.50. The van der Waals surface area contributed by atoms with Crippen molar-refractivity contribution in [3.63, 3.8) is 0 Å². The number of rotatable bonds is 8. The van der Waals surface area contributed by atoms with Gasteiger partial charge in [-0.1, -0.05) is 0 Å². The van der Waals surface area contributed by atoms with E-state index in [0.717, 1.165) is 31.1 Å². The van der Waals surface area contributed by atoms with Crippen molar-refractivity contribution >= 4 is 11.8 Å². The fourth-order valence-corrected chi connectivity index (χ4v) is 1.33. The molecule has 6 heteroatoms. The molecular weight excluding hydrogens is 230 g/mol. The largest absolute Gasteiger partial charge is 0.378 e. The average Bonchev–Trinajstić information content (AvgIpc) is 2.35. The zero-order valence-electron chi connectivity index (χ0n) is 11.7. The minimum Gasteiger partial charge on any atom is -0.378 e. The van der Waals surface area contributed by atoms with Crippen LogP contribution in [-0.2, 0) is 4.74 Å². The molecular formula is C12H23N5O. The summed E-state index contributed by atoms with van der Waals surface area (Å²) in [5.41, 5.74) is 1.03. The van der Waals surface area contributed by atoms with Crippen LogP contribution in [0.15, 0.2) is 6.20 Å². The first-order valence-electron chi connectivity index (χ1n) is 6.11. The summed E-state index contributed by atoms with van der Waals surface area (Å²) in [4.78, 5) is 10.6. The topological polar surface area (TPSA) is 62.3 Å². The predicted octanol–water partition coefficient (Wildman–Crippen LogP) is 0.817. The molecule has 0 bridgehead atoms. The summed E-state index contributed by atoms with van der Waals surface area (Å²) >= 11 is 0. The molecule has 0 atom stereocenters. The lowest BCUT2D eigenvalue weighted by atomic mass is 10.3. The van der Waals surface area contributed by atoms with Gasteiger partial charge in [-0.25, -0.2) is 4.98 Å². The van der Waals surface area contributed by atoms with Crippen molar-refractivity contribution in [2.75, 3.05) is 58.1 Å². The van der Waals surface area contributed by atoms with Crippen LogP contribution < -0.4 is 10.6 Å². The molecule has 6 nitrogen and oxygen atoms in total. The van der Waals surface area contributed by atoms with E-state index in [0.29, 0.717) is 12.6 Å². The van der Waals surface area contributed by atoms with Gasteiger partial charge in [-0.3, -0.25) is 0 Å². The van der Waals surface area contributed by atoms with Crippen LogP contribution in [0.25, 0.3) is 0 Å². The van der Waals surface area contributed by atoms with Crippen molar-refractivity contribution in [2.24, 2.45) is 0 Å². The SMILES string of the molecule is CNc1ncc(C)c(NCCOCCN(C)C)n1. The van der Waals surface area contributed by atoms with Crippen molar-refractivity contribution in [3.8, 4) is 0 Å². The van der Waals surface area contributed by atoms with Crippen LogP contribution in [0, 0.1) is 6.92 Å². The average molecular weight is 253 g/mol. The molecule has 1 aromatic heterocycles. The number of hydrogen-bond donors (Lipinski definition) is 2. The molecule has 0 amide bonds. The molecule has 1 aromatic rings. The molecule has 0 unspecified atom stereocenters. The summed E-state index contributed by atoms with van der Waals surface area (Å²) in [6, 6.07) is 0. The lowest BCUT2D eigenvalue weighted by molar-refractivity contribution is 0.126. The molecule has 1 heterocycles. The normalized spacial score (nSPS) is 10.7. The third-order valence-electron chi connectivity index (χ3n) is 2.42. The highest BCUT2D eigenvalue weighted by Gasteiger charge is 2.01. The summed E-state index contributed by atoms with van der Waals surface area (Å²) in [5.74, 6) is 1.47. The van der Waals surface area contributed by atoms with Crippen molar-refractivity contribution < 1.29 is 4.74 Å². The van der Waals surface area contributed by atoms with Gasteiger partial charge in [-0.2, -0.15) is 4.98 Å². The van der Waals surface area contributed by atoms with Crippen molar-refractivity contribution in [2.45, 2.75) is 6.92 Å². The molecule has 1 rings (SSSR count). The third kappa shape index (κ3) is 5.29. The highest BCUT2D eigenvalue weighted by molar-refractivity contribution is 5.46. The highest BCUT2D eigenvalue weighted by atomic mass is 16.5. The van der Waals surface area contributed by atoms with E-state index in [4.69, 9.17) is 4.74 Å². The fraction of sp³-hybridized carbons (Fsp3) is 0.667. The van der Waals surface area contributed by atoms with Gasteiger partial charge < -0.3 is 20.3 Å². The van der Waals surface area contributed by atoms with Crippen LogP contribution in [0.3, 0.4) is 0 Å². The third-order valence-corrected chi connectivity index (χ3v) is 2.42. The van der Waals surface area contributed by atoms with Crippen LogP contribution in [0.1, 0.15) is 5.56 Å². The van der Waals surface area contributed by atoms with Crippen molar-refractivity contribution in [1.82, 2.24) is 14.9 Å². The summed E-state index contributed by atoms with van der Waals surface area (Å²) in [6.45, 7) is 5.09. The zero-order valence-corrected chi connectivity index (χ0v) is 11.7. The lowest BCUT2D eigenvalue weighted by Gasteiger charge is -2.11. The number of hydrogen-bond acceptors (Lipinski definition) is 6. The monoisotopic (exact) mass is 253 g/mol. The Hall–Kier alpha value is -1.40. The van der Waals surface area contributed by atoms with E-state index in [1.54, 1.807) is 13.2 Å². The predicted molar refractivity (Wildman–Crippen MR) is 74.2 cm³/mol. The van der Waals surface area contributed by atoms with E-state index < -0.39 is 0 Å². The molecule has 0 aliphatic rings. The fourth-order valence-electron chi connectivity index (χ4n) is 1.33. The quantitative estimate of drug-likeness (QED) is 0.669. The maximum atomic E-state index is 5.50. The minimum absolute atomic E-state index is 0.622. The molecule has 0 fully saturated rings. The lowest BCUT2D eigenvalue weighted by Crippen LogP contribution is -2.20. The van der Waals surface area contributed by atoms with Crippen molar-refractivity contribution in [1.29, 1.82) is 0 Å². The Bertz CT molecular complexity index is 356. The molecule has 0 aromatic carbocycles. The van der Waals surface area contributed by atoms with Gasteiger partial charge in [0.2, 0.25) is 5.95 Å². The van der Waals surface area contributed by atoms with Crippen molar-refractivity contribution in [3.05, 3.63) is 11.8 Å². The summed E-state index contributed by atoms with van der Waals surface area (Å²) in [5, 5.41) is 6.16. The molecule has 0 aliphatic heterocycles. The first-order valence-corrected chi connectivity index (χ1v) is 6.11. The number of likely N-dealkylation sites (N-methyl/N-ethyl adjacent to an activating group) is 1. The molecule has 0 saturated heterocycles. The van der Waals surface area contributed by atoms with E-state index in [1.807, 2.05) is 21.0 Å². The Morgan fingerprint density at radius 1 is 1.33 bits per heavy atom. The van der Waals surface area contributed by atoms with E-state index in [-0.39, 0.29) is 0 Å². The molecule has 0 aliphatic carbocycles. The second kappa shape index (κ2) is 7.84. The standard InChI is InChI=1S/C12H23N5O/c1-10-9-15-12(13-2)16-11(10)14-5-7-18-8-6-17(3)4/h9H,5-8H2,1-4H3,(H2,13,14,15,16). The van der Waals surface area contributed by atoms with Gasteiger partial charge in [-0.15, -0.1) is 0 Å². The number of anilines is 2. The van der Waals surface area contributed by atoms with Gasteiger partial charge in [-0.05, 0) is 21.0 Å². The maximum Gasteiger partial charge on any atom is 0.224 e. The van der Waals surface area contributed by atoms with Gasteiger partial charge >= 0.3 is 0 Å². The Morgan fingerprint density at radius 3 is 2.78 bits per heavy atom. The number of nitrogens with one attached hydrogen (secondary N) is 2. The Labute approximate surface area is 109 Å². The Balaban J connectivity index is 2.26. The minimum atomic E-state index is 0.622. The van der Waals surface area contributed by atoms with Crippen LogP contribution in [0.4, 0.5) is 11.8 Å². The molecule has 2 N–H and O–H groups in total. The summed E-state index contributed by atoms with van der Waals surface area (Å²) in [7, 11) is 5.87. The van der Waals surface area contributed by atoms with Crippen LogP contribution in [0.2, 0.25) is 0 Å². The molecule has 0 radical (unpaired) electrons. The van der Waals surface area contributed by atoms with E-state index in [9.17, 15) is 0 Å². The van der Waals surface area contributed by atoms with Crippen LogP contribution in [0.5, 0.6) is 0 Å². The molecule has 0 spiro atoms. The van der Waals surface area contributed by atoms with Crippen LogP contribution >= 0.6 is 0 Å². The summed E-state index contributed by atoms with van der Waals surface area (Å²) < 4.78 is 5.50. The Morgan fingerprint density at radius 2 is 2.11 bits per heavy atom. The van der Waals surface area contributed by atoms with E-state index in [1.165, 1.54) is 0 Å². The molecule has 0 saturated carbocycles. The smallest absolute Gasteiger partial charge is 0.224 e. The van der Waals surface area contributed by atoms with Gasteiger partial charge in [0.25, 0.3) is 0 Å². The first kappa shape index (κ1) is 14.7. The molecule has 102 valence electrons. The number of nitrogens with zero attached hydrogens (tertiary/aromatic N) is 3.